The van der Waals surface area contributed by atoms with Crippen LogP contribution in [0.5, 0.6) is 0 Å². The topological polar surface area (TPSA) is 0 Å². The van der Waals surface area contributed by atoms with Gasteiger partial charge in [-0.1, -0.05) is 104 Å². The minimum absolute atomic E-state index is 0.105. The molecule has 0 saturated heterocycles. The molecule has 0 bridgehead atoms. The average Bonchev–Trinajstić information content (AvgIpc) is 2.91. The second-order valence-corrected chi connectivity index (χ2v) is 11.8. The fourth-order valence-electron chi connectivity index (χ4n) is 4.15. The molecule has 0 saturated carbocycles. The van der Waals surface area contributed by atoms with Gasteiger partial charge in [0, 0.05) is 0 Å². The van der Waals surface area contributed by atoms with Crippen LogP contribution in [0.1, 0.15) is 97.1 Å². The molecule has 3 rings (SSSR count). The van der Waals surface area contributed by atoms with Gasteiger partial charge in [-0.15, -0.1) is 0 Å². The van der Waals surface area contributed by atoms with Crippen LogP contribution in [0.2, 0.25) is 0 Å². The van der Waals surface area contributed by atoms with Crippen molar-refractivity contribution < 1.29 is 0 Å². The Balaban J connectivity index is 2.40. The number of hydrogen-bond donors (Lipinski definition) is 0. The maximum absolute atomic E-state index is 2.45. The fraction of sp³-hybridized carbons (Fsp3) is 0.500. The van der Waals surface area contributed by atoms with Crippen molar-refractivity contribution in [3.8, 4) is 11.1 Å². The quantitative estimate of drug-likeness (QED) is 0.472. The summed E-state index contributed by atoms with van der Waals surface area (Å²) < 4.78 is 0. The molecule has 0 N–H and O–H groups in total. The first-order chi connectivity index (χ1) is 12.7. The van der Waals surface area contributed by atoms with Gasteiger partial charge in [0.25, 0.3) is 0 Å². The summed E-state index contributed by atoms with van der Waals surface area (Å²) in [5.74, 6) is 0. The van der Waals surface area contributed by atoms with Crippen molar-refractivity contribution >= 4 is 6.08 Å². The fourth-order valence-corrected chi connectivity index (χ4v) is 4.15. The van der Waals surface area contributed by atoms with Crippen molar-refractivity contribution in [2.45, 2.75) is 91.9 Å². The van der Waals surface area contributed by atoms with E-state index in [4.69, 9.17) is 0 Å². The van der Waals surface area contributed by atoms with Crippen LogP contribution < -0.4 is 0 Å². The maximum Gasteiger partial charge on any atom is -0.00604 e. The lowest BCUT2D eigenvalue weighted by Gasteiger charge is -2.29. The highest BCUT2D eigenvalue weighted by atomic mass is 14.3. The largest absolute Gasteiger partial charge is 0.0683 e. The Labute approximate surface area is 173 Å². The molecule has 2 aromatic rings. The highest BCUT2D eigenvalue weighted by Crippen LogP contribution is 2.43. The number of allylic oxidation sites excluding steroid dienone is 1. The van der Waals surface area contributed by atoms with E-state index in [1.54, 1.807) is 0 Å². The highest BCUT2D eigenvalue weighted by molar-refractivity contribution is 5.84. The minimum Gasteiger partial charge on any atom is -0.0683 e. The average molecular weight is 375 g/mol. The van der Waals surface area contributed by atoms with Crippen molar-refractivity contribution in [3.05, 3.63) is 63.7 Å². The molecule has 0 nitrogen and oxygen atoms in total. The van der Waals surface area contributed by atoms with Gasteiger partial charge in [0.15, 0.2) is 0 Å². The molecule has 2 aromatic carbocycles. The first-order valence-electron chi connectivity index (χ1n) is 10.7. The summed E-state index contributed by atoms with van der Waals surface area (Å²) in [6.07, 6.45) is 3.50. The zero-order valence-corrected chi connectivity index (χ0v) is 19.7. The van der Waals surface area contributed by atoms with E-state index < -0.39 is 0 Å². The number of benzene rings is 2. The van der Waals surface area contributed by atoms with E-state index in [2.05, 4.69) is 106 Å². The van der Waals surface area contributed by atoms with Crippen LogP contribution in [0.25, 0.3) is 17.2 Å². The van der Waals surface area contributed by atoms with Crippen LogP contribution >= 0.6 is 0 Å². The molecule has 0 aromatic heterocycles. The summed E-state index contributed by atoms with van der Waals surface area (Å²) in [6, 6.07) is 12.0. The van der Waals surface area contributed by atoms with Crippen LogP contribution in [0.3, 0.4) is 0 Å². The maximum atomic E-state index is 2.45. The van der Waals surface area contributed by atoms with Crippen molar-refractivity contribution in [1.82, 2.24) is 0 Å². The third kappa shape index (κ3) is 3.97. The predicted octanol–water partition coefficient (Wildman–Crippen LogP) is 8.21. The predicted molar refractivity (Wildman–Crippen MR) is 125 cm³/mol. The molecule has 0 fully saturated rings. The molecule has 0 aliphatic heterocycles. The zero-order valence-electron chi connectivity index (χ0n) is 19.7. The molecule has 28 heavy (non-hydrogen) atoms. The number of rotatable bonds is 1. The SMILES string of the molecule is CC1=Cc2c(ccc(C(C)(C)C)c2-c2cc(C(C)(C)C)cc(C(C)(C)C)c2)C1. The lowest BCUT2D eigenvalue weighted by molar-refractivity contribution is 0.568. The van der Waals surface area contributed by atoms with Crippen LogP contribution in [0.4, 0.5) is 0 Å². The van der Waals surface area contributed by atoms with Gasteiger partial charge in [0.1, 0.15) is 0 Å². The molecule has 1 aliphatic rings. The molecule has 0 spiro atoms. The highest BCUT2D eigenvalue weighted by Gasteiger charge is 2.27. The van der Waals surface area contributed by atoms with Gasteiger partial charge in [-0.2, -0.15) is 0 Å². The summed E-state index contributed by atoms with van der Waals surface area (Å²) in [4.78, 5) is 0. The Hall–Kier alpha value is -1.82. The molecular formula is C28H38. The molecule has 0 unspecified atom stereocenters. The van der Waals surface area contributed by atoms with Crippen molar-refractivity contribution in [1.29, 1.82) is 0 Å². The standard InChI is InChI=1S/C28H38/c1-18-13-19-11-12-24(28(8,9)10)25(23(19)14-18)20-15-21(26(2,3)4)17-22(16-20)27(5,6)7/h11-12,14-17H,13H2,1-10H3. The van der Waals surface area contributed by atoms with Crippen molar-refractivity contribution in [2.75, 3.05) is 0 Å². The monoisotopic (exact) mass is 374 g/mol. The second kappa shape index (κ2) is 6.61. The molecule has 0 heteroatoms. The van der Waals surface area contributed by atoms with Crippen LogP contribution in [-0.4, -0.2) is 0 Å². The van der Waals surface area contributed by atoms with E-state index in [0.717, 1.165) is 6.42 Å². The van der Waals surface area contributed by atoms with Gasteiger partial charge >= 0.3 is 0 Å². The van der Waals surface area contributed by atoms with Gasteiger partial charge in [-0.05, 0) is 68.5 Å². The van der Waals surface area contributed by atoms with E-state index >= 15 is 0 Å². The number of fused-ring (bicyclic) bond motifs is 1. The van der Waals surface area contributed by atoms with E-state index in [1.165, 1.54) is 44.5 Å². The van der Waals surface area contributed by atoms with E-state index in [1.807, 2.05) is 0 Å². The van der Waals surface area contributed by atoms with Crippen molar-refractivity contribution in [2.24, 2.45) is 0 Å². The van der Waals surface area contributed by atoms with Gasteiger partial charge in [-0.25, -0.2) is 0 Å². The minimum atomic E-state index is 0.105. The lowest BCUT2D eigenvalue weighted by Crippen LogP contribution is -2.18. The molecule has 0 radical (unpaired) electrons. The van der Waals surface area contributed by atoms with Gasteiger partial charge in [0.2, 0.25) is 0 Å². The molecule has 150 valence electrons. The smallest absolute Gasteiger partial charge is 0.00604 e. The first-order valence-corrected chi connectivity index (χ1v) is 10.7. The van der Waals surface area contributed by atoms with Gasteiger partial charge in [-0.3, -0.25) is 0 Å². The Morgan fingerprint density at radius 2 is 1.21 bits per heavy atom. The molecule has 0 atom stereocenters. The third-order valence-electron chi connectivity index (χ3n) is 5.96. The Morgan fingerprint density at radius 3 is 1.68 bits per heavy atom. The summed E-state index contributed by atoms with van der Waals surface area (Å²) in [5.41, 5.74) is 11.8. The van der Waals surface area contributed by atoms with Gasteiger partial charge in [0.05, 0.1) is 0 Å². The van der Waals surface area contributed by atoms with Crippen LogP contribution in [0, 0.1) is 0 Å². The van der Waals surface area contributed by atoms with Gasteiger partial charge < -0.3 is 0 Å². The summed E-state index contributed by atoms with van der Waals surface area (Å²) in [7, 11) is 0. The molecule has 1 aliphatic carbocycles. The van der Waals surface area contributed by atoms with Crippen molar-refractivity contribution in [3.63, 3.8) is 0 Å². The summed E-state index contributed by atoms with van der Waals surface area (Å²) in [6.45, 7) is 23.2. The van der Waals surface area contributed by atoms with E-state index in [0.29, 0.717) is 0 Å². The van der Waals surface area contributed by atoms with Crippen LogP contribution in [-0.2, 0) is 22.7 Å². The second-order valence-electron chi connectivity index (χ2n) is 11.8. The van der Waals surface area contributed by atoms with E-state index in [9.17, 15) is 0 Å². The summed E-state index contributed by atoms with van der Waals surface area (Å²) in [5, 5.41) is 0. The molecular weight excluding hydrogens is 336 g/mol. The van der Waals surface area contributed by atoms with E-state index in [-0.39, 0.29) is 16.2 Å². The molecule has 0 heterocycles. The molecule has 0 amide bonds. The Bertz CT molecular complexity index is 899. The summed E-state index contributed by atoms with van der Waals surface area (Å²) >= 11 is 0. The number of hydrogen-bond acceptors (Lipinski definition) is 0. The Kier molecular flexibility index (Phi) is 4.94. The third-order valence-corrected chi connectivity index (χ3v) is 5.96. The first kappa shape index (κ1) is 20.9. The van der Waals surface area contributed by atoms with Crippen LogP contribution in [0.15, 0.2) is 35.9 Å². The normalized spacial score (nSPS) is 14.9. The Morgan fingerprint density at radius 1 is 0.679 bits per heavy atom. The lowest BCUT2D eigenvalue weighted by atomic mass is 9.75. The zero-order chi connectivity index (χ0) is 21.1.